The number of anilines is 1. The van der Waals surface area contributed by atoms with E-state index >= 15 is 0 Å². The Morgan fingerprint density at radius 2 is 2.05 bits per heavy atom. The van der Waals surface area contributed by atoms with Crippen molar-refractivity contribution in [3.63, 3.8) is 0 Å². The van der Waals surface area contributed by atoms with Crippen molar-refractivity contribution >= 4 is 23.2 Å². The SMILES string of the molecule is O=C(CN(CCO)CCCO)Nc1ccc(F)c(Cl)c1. The number of aliphatic hydroxyl groups is 2. The van der Waals surface area contributed by atoms with Crippen LogP contribution in [0.25, 0.3) is 0 Å². The Labute approximate surface area is 122 Å². The normalized spacial score (nSPS) is 10.8. The fourth-order valence-corrected chi connectivity index (χ4v) is 1.86. The second-order valence-corrected chi connectivity index (χ2v) is 4.66. The molecule has 1 rings (SSSR count). The second kappa shape index (κ2) is 8.86. The number of aliphatic hydroxyl groups excluding tert-OH is 2. The Morgan fingerprint density at radius 3 is 2.65 bits per heavy atom. The van der Waals surface area contributed by atoms with Crippen molar-refractivity contribution in [2.24, 2.45) is 0 Å². The van der Waals surface area contributed by atoms with E-state index in [0.29, 0.717) is 25.2 Å². The highest BCUT2D eigenvalue weighted by atomic mass is 35.5. The summed E-state index contributed by atoms with van der Waals surface area (Å²) in [5, 5.41) is 20.2. The van der Waals surface area contributed by atoms with E-state index in [1.807, 2.05) is 0 Å². The summed E-state index contributed by atoms with van der Waals surface area (Å²) in [6.45, 7) is 0.889. The summed E-state index contributed by atoms with van der Waals surface area (Å²) >= 11 is 5.62. The minimum atomic E-state index is -0.547. The van der Waals surface area contributed by atoms with Crippen molar-refractivity contribution in [1.82, 2.24) is 4.90 Å². The number of halogens is 2. The van der Waals surface area contributed by atoms with Gasteiger partial charge in [-0.3, -0.25) is 9.69 Å². The molecule has 0 radical (unpaired) electrons. The fourth-order valence-electron chi connectivity index (χ4n) is 1.68. The van der Waals surface area contributed by atoms with Crippen molar-refractivity contribution in [3.8, 4) is 0 Å². The molecule has 7 heteroatoms. The first-order valence-electron chi connectivity index (χ1n) is 6.25. The number of amides is 1. The predicted octanol–water partition coefficient (Wildman–Crippen LogP) is 1.09. The van der Waals surface area contributed by atoms with Gasteiger partial charge in [0.25, 0.3) is 0 Å². The zero-order valence-corrected chi connectivity index (χ0v) is 11.7. The summed E-state index contributed by atoms with van der Waals surface area (Å²) in [7, 11) is 0. The molecule has 0 aliphatic heterocycles. The van der Waals surface area contributed by atoms with Crippen molar-refractivity contribution in [2.45, 2.75) is 6.42 Å². The fraction of sp³-hybridized carbons (Fsp3) is 0.462. The van der Waals surface area contributed by atoms with Gasteiger partial charge in [0, 0.05) is 25.4 Å². The molecule has 112 valence electrons. The summed E-state index contributed by atoms with van der Waals surface area (Å²) in [4.78, 5) is 13.5. The average molecular weight is 305 g/mol. The van der Waals surface area contributed by atoms with E-state index in [4.69, 9.17) is 21.8 Å². The maximum Gasteiger partial charge on any atom is 0.238 e. The number of benzene rings is 1. The lowest BCUT2D eigenvalue weighted by atomic mass is 10.3. The van der Waals surface area contributed by atoms with Gasteiger partial charge in [-0.25, -0.2) is 4.39 Å². The molecule has 3 N–H and O–H groups in total. The van der Waals surface area contributed by atoms with Gasteiger partial charge in [-0.1, -0.05) is 11.6 Å². The molecule has 0 saturated heterocycles. The monoisotopic (exact) mass is 304 g/mol. The first-order valence-corrected chi connectivity index (χ1v) is 6.63. The third kappa shape index (κ3) is 5.83. The molecule has 0 atom stereocenters. The van der Waals surface area contributed by atoms with Crippen molar-refractivity contribution in [2.75, 3.05) is 38.2 Å². The lowest BCUT2D eigenvalue weighted by Gasteiger charge is -2.20. The molecular weight excluding hydrogens is 287 g/mol. The Morgan fingerprint density at radius 1 is 1.30 bits per heavy atom. The molecule has 0 aromatic heterocycles. The summed E-state index contributed by atoms with van der Waals surface area (Å²) in [5.41, 5.74) is 0.410. The van der Waals surface area contributed by atoms with Crippen LogP contribution in [0.1, 0.15) is 6.42 Å². The standard InChI is InChI=1S/C13H18ClFN2O3/c14-11-8-10(2-3-12(11)15)16-13(20)9-17(5-7-19)4-1-6-18/h2-3,8,18-19H,1,4-7,9H2,(H,16,20). The van der Waals surface area contributed by atoms with Gasteiger partial charge in [0.15, 0.2) is 0 Å². The number of carbonyl (C=O) groups excluding carboxylic acids is 1. The van der Waals surface area contributed by atoms with E-state index < -0.39 is 5.82 Å². The summed E-state index contributed by atoms with van der Waals surface area (Å²) < 4.78 is 13.0. The summed E-state index contributed by atoms with van der Waals surface area (Å²) in [6, 6.07) is 3.93. The quantitative estimate of drug-likeness (QED) is 0.672. The van der Waals surface area contributed by atoms with Gasteiger partial charge in [-0.2, -0.15) is 0 Å². The minimum Gasteiger partial charge on any atom is -0.396 e. The van der Waals surface area contributed by atoms with Crippen LogP contribution < -0.4 is 5.32 Å². The number of rotatable bonds is 8. The van der Waals surface area contributed by atoms with Crippen LogP contribution in [0.15, 0.2) is 18.2 Å². The number of hydrogen-bond donors (Lipinski definition) is 3. The largest absolute Gasteiger partial charge is 0.396 e. The smallest absolute Gasteiger partial charge is 0.238 e. The van der Waals surface area contributed by atoms with Crippen molar-refractivity contribution < 1.29 is 19.4 Å². The van der Waals surface area contributed by atoms with Crippen LogP contribution >= 0.6 is 11.6 Å². The predicted molar refractivity (Wildman–Crippen MR) is 75.3 cm³/mol. The molecule has 0 bridgehead atoms. The van der Waals surface area contributed by atoms with E-state index in [9.17, 15) is 9.18 Å². The van der Waals surface area contributed by atoms with E-state index in [1.54, 1.807) is 4.90 Å². The number of carbonyl (C=O) groups is 1. The average Bonchev–Trinajstić information content (AvgIpc) is 2.40. The van der Waals surface area contributed by atoms with Crippen molar-refractivity contribution in [1.29, 1.82) is 0 Å². The molecule has 1 aromatic rings. The lowest BCUT2D eigenvalue weighted by molar-refractivity contribution is -0.117. The Bertz CT molecular complexity index is 446. The maximum absolute atomic E-state index is 13.0. The van der Waals surface area contributed by atoms with Gasteiger partial charge in [-0.05, 0) is 24.6 Å². The van der Waals surface area contributed by atoms with Crippen LogP contribution in [-0.4, -0.2) is 53.9 Å². The number of nitrogens with zero attached hydrogens (tertiary/aromatic N) is 1. The third-order valence-corrected chi connectivity index (χ3v) is 2.91. The Hall–Kier alpha value is -1.21. The van der Waals surface area contributed by atoms with Crippen LogP contribution in [0.5, 0.6) is 0 Å². The first kappa shape index (κ1) is 16.8. The molecule has 0 unspecified atom stereocenters. The highest BCUT2D eigenvalue weighted by molar-refractivity contribution is 6.31. The van der Waals surface area contributed by atoms with E-state index in [1.165, 1.54) is 18.2 Å². The zero-order chi connectivity index (χ0) is 15.0. The van der Waals surface area contributed by atoms with Crippen LogP contribution in [0, 0.1) is 5.82 Å². The molecule has 20 heavy (non-hydrogen) atoms. The van der Waals surface area contributed by atoms with Gasteiger partial charge in [0.1, 0.15) is 5.82 Å². The highest BCUT2D eigenvalue weighted by Crippen LogP contribution is 2.19. The molecule has 0 aliphatic carbocycles. The number of nitrogens with one attached hydrogen (secondary N) is 1. The molecule has 5 nitrogen and oxygen atoms in total. The Balaban J connectivity index is 2.53. The van der Waals surface area contributed by atoms with Crippen molar-refractivity contribution in [3.05, 3.63) is 29.0 Å². The van der Waals surface area contributed by atoms with Crippen LogP contribution in [0.4, 0.5) is 10.1 Å². The lowest BCUT2D eigenvalue weighted by Crippen LogP contribution is -2.36. The molecule has 1 aromatic carbocycles. The maximum atomic E-state index is 13.0. The molecule has 0 spiro atoms. The third-order valence-electron chi connectivity index (χ3n) is 2.62. The molecule has 0 saturated carbocycles. The van der Waals surface area contributed by atoms with E-state index in [0.717, 1.165) is 0 Å². The number of hydrogen-bond acceptors (Lipinski definition) is 4. The highest BCUT2D eigenvalue weighted by Gasteiger charge is 2.11. The summed E-state index contributed by atoms with van der Waals surface area (Å²) in [5.74, 6) is -0.839. The topological polar surface area (TPSA) is 72.8 Å². The van der Waals surface area contributed by atoms with Gasteiger partial charge in [0.05, 0.1) is 18.2 Å². The van der Waals surface area contributed by atoms with Gasteiger partial charge < -0.3 is 15.5 Å². The second-order valence-electron chi connectivity index (χ2n) is 4.25. The first-order chi connectivity index (χ1) is 9.56. The van der Waals surface area contributed by atoms with E-state index in [-0.39, 0.29) is 30.7 Å². The molecule has 1 amide bonds. The van der Waals surface area contributed by atoms with Crippen LogP contribution in [0.3, 0.4) is 0 Å². The molecule has 0 fully saturated rings. The van der Waals surface area contributed by atoms with Gasteiger partial charge >= 0.3 is 0 Å². The minimum absolute atomic E-state index is 0.0249. The van der Waals surface area contributed by atoms with Gasteiger partial charge in [-0.15, -0.1) is 0 Å². The molecule has 0 heterocycles. The zero-order valence-electron chi connectivity index (χ0n) is 11.0. The molecular formula is C13H18ClFN2O3. The van der Waals surface area contributed by atoms with Crippen LogP contribution in [-0.2, 0) is 4.79 Å². The Kier molecular flexibility index (Phi) is 7.46. The van der Waals surface area contributed by atoms with E-state index in [2.05, 4.69) is 5.32 Å². The van der Waals surface area contributed by atoms with Crippen LogP contribution in [0.2, 0.25) is 5.02 Å². The molecule has 0 aliphatic rings. The summed E-state index contributed by atoms with van der Waals surface area (Å²) in [6.07, 6.45) is 0.523. The van der Waals surface area contributed by atoms with Gasteiger partial charge in [0.2, 0.25) is 5.91 Å².